The van der Waals surface area contributed by atoms with E-state index in [0.717, 1.165) is 29.7 Å². The first kappa shape index (κ1) is 15.0. The molecule has 20 heavy (non-hydrogen) atoms. The summed E-state index contributed by atoms with van der Waals surface area (Å²) in [5, 5.41) is 3.24. The zero-order valence-electron chi connectivity index (χ0n) is 12.7. The molecule has 110 valence electrons. The molecule has 0 aromatic heterocycles. The van der Waals surface area contributed by atoms with Crippen molar-refractivity contribution in [3.05, 3.63) is 34.6 Å². The lowest BCUT2D eigenvalue weighted by atomic mass is 9.83. The molecular weight excluding hydrogens is 255 g/mol. The SMILES string of the molecule is Cc1cc(C)c(C2CCNC(C(=O)N(C)C)C2)c(F)c1. The lowest BCUT2D eigenvalue weighted by molar-refractivity contribution is -0.131. The maximum Gasteiger partial charge on any atom is 0.239 e. The number of nitrogens with one attached hydrogen (secondary N) is 1. The Morgan fingerprint density at radius 2 is 2.05 bits per heavy atom. The van der Waals surface area contributed by atoms with Gasteiger partial charge in [-0.3, -0.25) is 4.79 Å². The Hall–Kier alpha value is -1.42. The molecule has 2 atom stereocenters. The number of hydrogen-bond donors (Lipinski definition) is 1. The minimum atomic E-state index is -0.205. The third-order valence-electron chi connectivity index (χ3n) is 4.03. The van der Waals surface area contributed by atoms with Gasteiger partial charge in [0.05, 0.1) is 6.04 Å². The van der Waals surface area contributed by atoms with E-state index >= 15 is 0 Å². The fourth-order valence-electron chi connectivity index (χ4n) is 3.12. The average Bonchev–Trinajstić information content (AvgIpc) is 2.36. The topological polar surface area (TPSA) is 32.3 Å². The molecule has 1 aromatic carbocycles. The van der Waals surface area contributed by atoms with E-state index in [1.165, 1.54) is 0 Å². The minimum absolute atomic E-state index is 0.0693. The van der Waals surface area contributed by atoms with Gasteiger partial charge in [-0.1, -0.05) is 6.07 Å². The summed E-state index contributed by atoms with van der Waals surface area (Å²) in [7, 11) is 3.51. The Morgan fingerprint density at radius 3 is 2.65 bits per heavy atom. The first-order valence-corrected chi connectivity index (χ1v) is 7.11. The highest BCUT2D eigenvalue weighted by atomic mass is 19.1. The van der Waals surface area contributed by atoms with Crippen LogP contribution in [0.5, 0.6) is 0 Å². The van der Waals surface area contributed by atoms with Crippen LogP contribution < -0.4 is 5.32 Å². The number of benzene rings is 1. The number of carbonyl (C=O) groups excluding carboxylic acids is 1. The summed E-state index contributed by atoms with van der Waals surface area (Å²) in [6.45, 7) is 4.61. The smallest absolute Gasteiger partial charge is 0.239 e. The van der Waals surface area contributed by atoms with E-state index in [1.807, 2.05) is 19.9 Å². The highest BCUT2D eigenvalue weighted by molar-refractivity contribution is 5.81. The number of aryl methyl sites for hydroxylation is 2. The van der Waals surface area contributed by atoms with Crippen LogP contribution in [0.15, 0.2) is 12.1 Å². The van der Waals surface area contributed by atoms with Gasteiger partial charge >= 0.3 is 0 Å². The van der Waals surface area contributed by atoms with E-state index in [0.29, 0.717) is 6.42 Å². The fraction of sp³-hybridized carbons (Fsp3) is 0.562. The van der Waals surface area contributed by atoms with Crippen molar-refractivity contribution in [2.24, 2.45) is 0 Å². The van der Waals surface area contributed by atoms with Gasteiger partial charge in [-0.2, -0.15) is 0 Å². The normalized spacial score (nSPS) is 22.6. The molecule has 1 heterocycles. The summed E-state index contributed by atoms with van der Waals surface area (Å²) in [5.74, 6) is 0.0519. The predicted molar refractivity (Wildman–Crippen MR) is 78.3 cm³/mol. The van der Waals surface area contributed by atoms with Crippen LogP contribution in [-0.2, 0) is 4.79 Å². The van der Waals surface area contributed by atoms with E-state index in [9.17, 15) is 9.18 Å². The summed E-state index contributed by atoms with van der Waals surface area (Å²) in [4.78, 5) is 13.7. The molecular formula is C16H23FN2O. The summed E-state index contributed by atoms with van der Waals surface area (Å²) in [5.41, 5.74) is 2.72. The molecule has 1 aliphatic rings. The molecule has 1 saturated heterocycles. The molecule has 1 aliphatic heterocycles. The van der Waals surface area contributed by atoms with Gasteiger partial charge in [0.15, 0.2) is 0 Å². The standard InChI is InChI=1S/C16H23FN2O/c1-10-7-11(2)15(13(17)8-10)12-5-6-18-14(9-12)16(20)19(3)4/h7-8,12,14,18H,5-6,9H2,1-4H3. The number of nitrogens with zero attached hydrogens (tertiary/aromatic N) is 1. The van der Waals surface area contributed by atoms with Crippen LogP contribution in [0.3, 0.4) is 0 Å². The van der Waals surface area contributed by atoms with Crippen molar-refractivity contribution < 1.29 is 9.18 Å². The van der Waals surface area contributed by atoms with E-state index in [-0.39, 0.29) is 23.7 Å². The van der Waals surface area contributed by atoms with Crippen LogP contribution in [0.2, 0.25) is 0 Å². The molecule has 0 bridgehead atoms. The number of hydrogen-bond acceptors (Lipinski definition) is 2. The maximum absolute atomic E-state index is 14.3. The number of carbonyl (C=O) groups is 1. The summed E-state index contributed by atoms with van der Waals surface area (Å²) >= 11 is 0. The first-order chi connectivity index (χ1) is 9.40. The van der Waals surface area contributed by atoms with Crippen LogP contribution in [-0.4, -0.2) is 37.5 Å². The molecule has 3 nitrogen and oxygen atoms in total. The molecule has 0 aliphatic carbocycles. The highest BCUT2D eigenvalue weighted by Crippen LogP contribution is 2.32. The molecule has 1 fully saturated rings. The maximum atomic E-state index is 14.3. The Bertz CT molecular complexity index is 490. The van der Waals surface area contributed by atoms with Crippen molar-refractivity contribution in [1.82, 2.24) is 10.2 Å². The van der Waals surface area contributed by atoms with Gasteiger partial charge in [-0.05, 0) is 61.9 Å². The molecule has 4 heteroatoms. The van der Waals surface area contributed by atoms with Gasteiger partial charge in [0, 0.05) is 14.1 Å². The molecule has 2 unspecified atom stereocenters. The second-order valence-electron chi connectivity index (χ2n) is 5.94. The Kier molecular flexibility index (Phi) is 4.43. The number of likely N-dealkylation sites (N-methyl/N-ethyl adjacent to an activating group) is 1. The molecule has 1 amide bonds. The zero-order chi connectivity index (χ0) is 14.9. The van der Waals surface area contributed by atoms with E-state index in [2.05, 4.69) is 5.32 Å². The van der Waals surface area contributed by atoms with Crippen LogP contribution in [0.4, 0.5) is 4.39 Å². The quantitative estimate of drug-likeness (QED) is 0.901. The Labute approximate surface area is 120 Å². The van der Waals surface area contributed by atoms with Crippen LogP contribution in [0, 0.1) is 19.7 Å². The second kappa shape index (κ2) is 5.92. The van der Waals surface area contributed by atoms with Gasteiger partial charge in [0.1, 0.15) is 5.82 Å². The van der Waals surface area contributed by atoms with E-state index in [1.54, 1.807) is 25.1 Å². The number of piperidine rings is 1. The van der Waals surface area contributed by atoms with Gasteiger partial charge in [-0.25, -0.2) is 4.39 Å². The van der Waals surface area contributed by atoms with Crippen LogP contribution >= 0.6 is 0 Å². The Balaban J connectivity index is 2.23. The van der Waals surface area contributed by atoms with E-state index in [4.69, 9.17) is 0 Å². The Morgan fingerprint density at radius 1 is 1.35 bits per heavy atom. The van der Waals surface area contributed by atoms with Crippen molar-refractivity contribution in [1.29, 1.82) is 0 Å². The van der Waals surface area contributed by atoms with Crippen molar-refractivity contribution in [2.75, 3.05) is 20.6 Å². The highest BCUT2D eigenvalue weighted by Gasteiger charge is 2.30. The molecule has 0 saturated carbocycles. The van der Waals surface area contributed by atoms with Gasteiger partial charge in [-0.15, -0.1) is 0 Å². The van der Waals surface area contributed by atoms with Gasteiger partial charge in [0.2, 0.25) is 5.91 Å². The van der Waals surface area contributed by atoms with Crippen molar-refractivity contribution in [3.63, 3.8) is 0 Å². The number of amides is 1. The van der Waals surface area contributed by atoms with E-state index < -0.39 is 0 Å². The summed E-state index contributed by atoms with van der Waals surface area (Å²) < 4.78 is 14.3. The van der Waals surface area contributed by atoms with Crippen LogP contribution in [0.1, 0.15) is 35.4 Å². The minimum Gasteiger partial charge on any atom is -0.347 e. The first-order valence-electron chi connectivity index (χ1n) is 7.11. The summed E-state index contributed by atoms with van der Waals surface area (Å²) in [6.07, 6.45) is 1.54. The van der Waals surface area contributed by atoms with Crippen molar-refractivity contribution in [3.8, 4) is 0 Å². The zero-order valence-corrected chi connectivity index (χ0v) is 12.7. The number of rotatable bonds is 2. The average molecular weight is 278 g/mol. The monoisotopic (exact) mass is 278 g/mol. The third-order valence-corrected chi connectivity index (χ3v) is 4.03. The molecule has 0 radical (unpaired) electrons. The lowest BCUT2D eigenvalue weighted by Gasteiger charge is -2.32. The van der Waals surface area contributed by atoms with Crippen LogP contribution in [0.25, 0.3) is 0 Å². The molecule has 1 N–H and O–H groups in total. The number of halogens is 1. The molecule has 2 rings (SSSR count). The summed E-state index contributed by atoms with van der Waals surface area (Å²) in [6, 6.07) is 3.40. The second-order valence-corrected chi connectivity index (χ2v) is 5.94. The predicted octanol–water partition coefficient (Wildman–Crippen LogP) is 2.37. The lowest BCUT2D eigenvalue weighted by Crippen LogP contribution is -2.47. The van der Waals surface area contributed by atoms with Gasteiger partial charge < -0.3 is 10.2 Å². The van der Waals surface area contributed by atoms with Crippen molar-refractivity contribution in [2.45, 2.75) is 38.6 Å². The van der Waals surface area contributed by atoms with Crippen molar-refractivity contribution >= 4 is 5.91 Å². The van der Waals surface area contributed by atoms with Gasteiger partial charge in [0.25, 0.3) is 0 Å². The molecule has 0 spiro atoms. The largest absolute Gasteiger partial charge is 0.347 e. The third kappa shape index (κ3) is 3.01. The fourth-order valence-corrected chi connectivity index (χ4v) is 3.12. The molecule has 1 aromatic rings.